The molecule has 0 aromatic heterocycles. The molecular formula is C17H33F2K3O5P2. The third-order valence-electron chi connectivity index (χ3n) is 3.82. The molecule has 0 spiro atoms. The van der Waals surface area contributed by atoms with Crippen LogP contribution in [-0.4, -0.2) is 180 Å². The Balaban J connectivity index is -0.00000104. The Morgan fingerprint density at radius 3 is 1.55 bits per heavy atom. The zero-order chi connectivity index (χ0) is 20.6. The number of alkyl halides is 2. The van der Waals surface area contributed by atoms with Crippen molar-refractivity contribution in [2.24, 2.45) is 0 Å². The standard InChI is InChI=1S/C17H30F2O5P2.3K.3H/c1-14(2)8-5-9-15(3)10-6-11-16(4)12-7-13-25(20,21)17(18,19)26(22,23)24;;;;;;/h8,10,12H,5-7,9,11,13H2,1-4H3,(H,20,21)(H2,22,23,24);;;;;;/b15-10+,16-12+;;;;;;. The SMILES string of the molecule is CC(C)=CCC/C(C)=C/CC/C(C)=C/CCP(=O)(O)C(F)(F)P(=O)(O)O.[KH].[KH].[KH]. The summed E-state index contributed by atoms with van der Waals surface area (Å²) in [5, 5.41) is -4.91. The molecular weight excluding hydrogens is 501 g/mol. The van der Waals surface area contributed by atoms with Crippen molar-refractivity contribution in [2.45, 2.75) is 65.2 Å². The average molecular weight is 535 g/mol. The predicted octanol–water partition coefficient (Wildman–Crippen LogP) is 3.85. The van der Waals surface area contributed by atoms with E-state index in [-0.39, 0.29) is 161 Å². The van der Waals surface area contributed by atoms with Crippen molar-refractivity contribution in [3.63, 3.8) is 0 Å². The first-order valence-electron chi connectivity index (χ1n) is 8.40. The summed E-state index contributed by atoms with van der Waals surface area (Å²) in [4.78, 5) is 26.4. The minimum atomic E-state index is -5.98. The first-order chi connectivity index (χ1) is 11.7. The Morgan fingerprint density at radius 2 is 1.17 bits per heavy atom. The first kappa shape index (κ1) is 40.5. The van der Waals surface area contributed by atoms with Crippen LogP contribution in [0, 0.1) is 0 Å². The Hall–Kier alpha value is 4.33. The summed E-state index contributed by atoms with van der Waals surface area (Å²) in [6.45, 7) is 7.93. The van der Waals surface area contributed by atoms with Crippen LogP contribution >= 0.6 is 15.0 Å². The third-order valence-corrected chi connectivity index (χ3v) is 7.94. The van der Waals surface area contributed by atoms with Crippen LogP contribution < -0.4 is 0 Å². The van der Waals surface area contributed by atoms with E-state index in [9.17, 15) is 22.8 Å². The van der Waals surface area contributed by atoms with Gasteiger partial charge in [-0.1, -0.05) is 34.9 Å². The molecule has 0 aliphatic heterocycles. The molecule has 0 radical (unpaired) electrons. The van der Waals surface area contributed by atoms with Crippen molar-refractivity contribution >= 4 is 169 Å². The fourth-order valence-electron chi connectivity index (χ4n) is 2.16. The molecule has 0 amide bonds. The van der Waals surface area contributed by atoms with Crippen LogP contribution in [0.3, 0.4) is 0 Å². The van der Waals surface area contributed by atoms with E-state index < -0.39 is 26.5 Å². The molecule has 0 fully saturated rings. The van der Waals surface area contributed by atoms with Crippen molar-refractivity contribution in [3.05, 3.63) is 34.9 Å². The molecule has 5 nitrogen and oxygen atoms in total. The fraction of sp³-hybridized carbons (Fsp3) is 0.647. The zero-order valence-electron chi connectivity index (χ0n) is 15.8. The number of allylic oxidation sites excluding steroid dienone is 6. The van der Waals surface area contributed by atoms with E-state index in [1.165, 1.54) is 11.1 Å². The van der Waals surface area contributed by atoms with Crippen molar-refractivity contribution < 1.29 is 32.6 Å². The summed E-state index contributed by atoms with van der Waals surface area (Å²) >= 11 is 0. The van der Waals surface area contributed by atoms with E-state index in [0.717, 1.165) is 24.8 Å². The normalized spacial score (nSPS) is 14.7. The molecule has 0 rings (SSSR count). The maximum atomic E-state index is 13.4. The van der Waals surface area contributed by atoms with Gasteiger partial charge in [-0.25, -0.2) is 0 Å². The molecule has 0 aliphatic rings. The molecule has 158 valence electrons. The van der Waals surface area contributed by atoms with Crippen molar-refractivity contribution in [1.82, 2.24) is 0 Å². The molecule has 0 saturated heterocycles. The first-order valence-corrected chi connectivity index (χ1v) is 11.9. The van der Waals surface area contributed by atoms with Gasteiger partial charge < -0.3 is 14.7 Å². The Kier molecular flexibility index (Phi) is 27.2. The van der Waals surface area contributed by atoms with Crippen LogP contribution in [0.1, 0.15) is 59.8 Å². The van der Waals surface area contributed by atoms with E-state index in [1.807, 2.05) is 20.8 Å². The molecule has 0 aliphatic carbocycles. The molecule has 1 atom stereocenters. The fourth-order valence-corrected chi connectivity index (χ4v) is 4.84. The maximum absolute atomic E-state index is 13.4. The molecule has 12 heteroatoms. The van der Waals surface area contributed by atoms with Gasteiger partial charge in [0.15, 0.2) is 0 Å². The summed E-state index contributed by atoms with van der Waals surface area (Å²) < 4.78 is 49.0. The van der Waals surface area contributed by atoms with E-state index in [4.69, 9.17) is 9.79 Å². The summed E-state index contributed by atoms with van der Waals surface area (Å²) in [6.07, 6.45) is 8.24. The van der Waals surface area contributed by atoms with Gasteiger partial charge in [-0.2, -0.15) is 8.78 Å². The predicted molar refractivity (Wildman–Crippen MR) is 123 cm³/mol. The van der Waals surface area contributed by atoms with E-state index in [0.29, 0.717) is 6.42 Å². The van der Waals surface area contributed by atoms with E-state index in [2.05, 4.69) is 12.2 Å². The number of rotatable bonds is 11. The van der Waals surface area contributed by atoms with Crippen molar-refractivity contribution in [2.75, 3.05) is 6.16 Å². The molecule has 0 saturated carbocycles. The van der Waals surface area contributed by atoms with Crippen LogP contribution in [0.2, 0.25) is 0 Å². The van der Waals surface area contributed by atoms with Crippen LogP contribution in [0.4, 0.5) is 8.78 Å². The van der Waals surface area contributed by atoms with E-state index >= 15 is 0 Å². The molecule has 0 aromatic rings. The third kappa shape index (κ3) is 17.4. The zero-order valence-corrected chi connectivity index (χ0v) is 17.6. The number of hydrogen-bond acceptors (Lipinski definition) is 2. The molecule has 3 N–H and O–H groups in total. The second-order valence-electron chi connectivity index (χ2n) is 6.73. The molecule has 0 heterocycles. The summed E-state index contributed by atoms with van der Waals surface area (Å²) in [7, 11) is -11.3. The van der Waals surface area contributed by atoms with Gasteiger partial charge in [0.2, 0.25) is 0 Å². The van der Waals surface area contributed by atoms with E-state index in [1.54, 1.807) is 13.0 Å². The molecule has 0 aromatic carbocycles. The molecule has 29 heavy (non-hydrogen) atoms. The van der Waals surface area contributed by atoms with Gasteiger partial charge in [-0.15, -0.1) is 0 Å². The molecule has 1 unspecified atom stereocenters. The second kappa shape index (κ2) is 19.5. The summed E-state index contributed by atoms with van der Waals surface area (Å²) in [6, 6.07) is 0. The number of hydrogen-bond donors (Lipinski definition) is 3. The van der Waals surface area contributed by atoms with Gasteiger partial charge in [0, 0.05) is 6.16 Å². The summed E-state index contributed by atoms with van der Waals surface area (Å²) in [5.74, 6) is 0. The second-order valence-corrected chi connectivity index (χ2v) is 11.1. The molecule has 0 bridgehead atoms. The van der Waals surface area contributed by atoms with Gasteiger partial charge in [0.05, 0.1) is 0 Å². The quantitative estimate of drug-likeness (QED) is 0.213. The Bertz CT molecular complexity index is 657. The van der Waals surface area contributed by atoms with Gasteiger partial charge in [-0.05, 0) is 59.8 Å². The van der Waals surface area contributed by atoms with Crippen molar-refractivity contribution in [1.29, 1.82) is 0 Å². The summed E-state index contributed by atoms with van der Waals surface area (Å²) in [5.41, 5.74) is 3.41. The van der Waals surface area contributed by atoms with Crippen LogP contribution in [0.15, 0.2) is 34.9 Å². The average Bonchev–Trinajstić information content (AvgIpc) is 2.45. The van der Waals surface area contributed by atoms with Crippen molar-refractivity contribution in [3.8, 4) is 0 Å². The Labute approximate surface area is 301 Å². The minimum absolute atomic E-state index is 0. The van der Waals surface area contributed by atoms with Gasteiger partial charge >= 0.3 is 167 Å². The van der Waals surface area contributed by atoms with Gasteiger partial charge in [-0.3, -0.25) is 9.13 Å². The van der Waals surface area contributed by atoms with Gasteiger partial charge in [0.1, 0.15) is 0 Å². The van der Waals surface area contributed by atoms with Gasteiger partial charge in [0.25, 0.3) is 7.37 Å². The topological polar surface area (TPSA) is 94.8 Å². The Morgan fingerprint density at radius 1 is 0.793 bits per heavy atom. The number of halogens is 2. The monoisotopic (exact) mass is 534 g/mol. The van der Waals surface area contributed by atoms with Crippen LogP contribution in [-0.2, 0) is 9.13 Å². The van der Waals surface area contributed by atoms with Crippen LogP contribution in [0.5, 0.6) is 0 Å². The van der Waals surface area contributed by atoms with Crippen LogP contribution in [0.25, 0.3) is 0 Å².